The molecule has 0 spiro atoms. The monoisotopic (exact) mass is 442 g/mol. The summed E-state index contributed by atoms with van der Waals surface area (Å²) in [5.41, 5.74) is 9.29. The number of benzene rings is 1. The van der Waals surface area contributed by atoms with Gasteiger partial charge in [-0.15, -0.1) is 0 Å². The van der Waals surface area contributed by atoms with Crippen LogP contribution >= 0.6 is 23.4 Å². The van der Waals surface area contributed by atoms with Crippen LogP contribution in [0.2, 0.25) is 5.02 Å². The molecule has 10 heteroatoms. The average molecular weight is 443 g/mol. The molecule has 0 aliphatic heterocycles. The van der Waals surface area contributed by atoms with E-state index in [1.54, 1.807) is 6.20 Å². The first-order valence-corrected chi connectivity index (χ1v) is 10.9. The summed E-state index contributed by atoms with van der Waals surface area (Å²) < 4.78 is 2.09. The van der Waals surface area contributed by atoms with Gasteiger partial charge in [0.2, 0.25) is 0 Å². The van der Waals surface area contributed by atoms with E-state index in [0.29, 0.717) is 22.4 Å². The summed E-state index contributed by atoms with van der Waals surface area (Å²) in [6.45, 7) is 5.95. The smallest absolute Gasteiger partial charge is 0.175 e. The average Bonchev–Trinajstić information content (AvgIpc) is 3.34. The Morgan fingerprint density at radius 2 is 2.13 bits per heavy atom. The van der Waals surface area contributed by atoms with E-state index in [2.05, 4.69) is 50.0 Å². The van der Waals surface area contributed by atoms with Crippen LogP contribution in [0.3, 0.4) is 0 Å². The van der Waals surface area contributed by atoms with Gasteiger partial charge in [0, 0.05) is 34.3 Å². The van der Waals surface area contributed by atoms with Crippen LogP contribution in [0.15, 0.2) is 46.8 Å². The largest absolute Gasteiger partial charge is 0.382 e. The van der Waals surface area contributed by atoms with Crippen molar-refractivity contribution in [2.75, 3.05) is 12.3 Å². The number of nitrogens with one attached hydrogen (secondary N) is 2. The van der Waals surface area contributed by atoms with Crippen LogP contribution in [0.25, 0.3) is 22.4 Å². The predicted octanol–water partition coefficient (Wildman–Crippen LogP) is 3.99. The number of nitrogens with zero attached hydrogens (tertiary/aromatic N) is 5. The third-order valence-corrected chi connectivity index (χ3v) is 5.71. The van der Waals surface area contributed by atoms with E-state index in [9.17, 15) is 0 Å². The van der Waals surface area contributed by atoms with Crippen LogP contribution in [-0.2, 0) is 6.54 Å². The second-order valence-corrected chi connectivity index (χ2v) is 8.66. The summed E-state index contributed by atoms with van der Waals surface area (Å²) in [4.78, 5) is 14.2. The van der Waals surface area contributed by atoms with Gasteiger partial charge >= 0.3 is 0 Å². The fourth-order valence-electron chi connectivity index (χ4n) is 3.14. The number of aryl methyl sites for hydroxylation is 1. The molecule has 4 N–H and O–H groups in total. The minimum absolute atomic E-state index is 0.380. The number of imidazole rings is 1. The number of hydrogen-bond donors (Lipinski definition) is 3. The lowest BCUT2D eigenvalue weighted by atomic mass is 10.1. The highest BCUT2D eigenvalue weighted by atomic mass is 35.5. The minimum Gasteiger partial charge on any atom is -0.382 e. The number of anilines is 1. The number of fused-ring (bicyclic) bond motifs is 1. The fraction of sp³-hybridized carbons (Fsp3) is 0.300. The Morgan fingerprint density at radius 1 is 1.27 bits per heavy atom. The van der Waals surface area contributed by atoms with Crippen LogP contribution in [0.5, 0.6) is 0 Å². The molecule has 8 nitrogen and oxygen atoms in total. The molecule has 3 aromatic heterocycles. The van der Waals surface area contributed by atoms with Crippen molar-refractivity contribution < 1.29 is 0 Å². The number of rotatable bonds is 8. The van der Waals surface area contributed by atoms with Gasteiger partial charge in [0.25, 0.3) is 0 Å². The zero-order chi connectivity index (χ0) is 21.1. The van der Waals surface area contributed by atoms with Crippen molar-refractivity contribution in [2.24, 2.45) is 0 Å². The second kappa shape index (κ2) is 9.03. The van der Waals surface area contributed by atoms with Crippen molar-refractivity contribution in [2.45, 2.75) is 42.9 Å². The van der Waals surface area contributed by atoms with Crippen LogP contribution in [-0.4, -0.2) is 42.3 Å². The third kappa shape index (κ3) is 4.58. The summed E-state index contributed by atoms with van der Waals surface area (Å²) in [5, 5.41) is 11.9. The Balaban J connectivity index is 1.66. The number of nitrogens with two attached hydrogens (primary N) is 1. The van der Waals surface area contributed by atoms with E-state index in [0.717, 1.165) is 46.5 Å². The van der Waals surface area contributed by atoms with Crippen molar-refractivity contribution in [3.63, 3.8) is 0 Å². The van der Waals surface area contributed by atoms with Crippen molar-refractivity contribution >= 4 is 40.3 Å². The van der Waals surface area contributed by atoms with E-state index < -0.39 is 0 Å². The maximum Gasteiger partial charge on any atom is 0.175 e. The minimum atomic E-state index is 0.380. The Morgan fingerprint density at radius 3 is 2.90 bits per heavy atom. The summed E-state index contributed by atoms with van der Waals surface area (Å²) in [6.07, 6.45) is 4.14. The predicted molar refractivity (Wildman–Crippen MR) is 121 cm³/mol. The maximum absolute atomic E-state index is 6.38. The molecular formula is C20H23ClN8S. The second-order valence-electron chi connectivity index (χ2n) is 7.19. The zero-order valence-electron chi connectivity index (χ0n) is 16.8. The summed E-state index contributed by atoms with van der Waals surface area (Å²) in [6, 6.07) is 8.24. The van der Waals surface area contributed by atoms with Crippen LogP contribution in [0.4, 0.5) is 5.82 Å². The normalized spacial score (nSPS) is 11.6. The molecule has 30 heavy (non-hydrogen) atoms. The lowest BCUT2D eigenvalue weighted by Gasteiger charge is -2.11. The fourth-order valence-corrected chi connectivity index (χ4v) is 4.45. The van der Waals surface area contributed by atoms with Crippen molar-refractivity contribution in [3.05, 3.63) is 41.8 Å². The molecule has 156 valence electrons. The van der Waals surface area contributed by atoms with Gasteiger partial charge in [-0.1, -0.05) is 37.2 Å². The summed E-state index contributed by atoms with van der Waals surface area (Å²) >= 11 is 7.91. The molecule has 0 atom stereocenters. The van der Waals surface area contributed by atoms with Gasteiger partial charge in [-0.3, -0.25) is 5.10 Å². The molecule has 0 saturated carbocycles. The Bertz CT molecular complexity index is 1140. The molecule has 3 heterocycles. The van der Waals surface area contributed by atoms with E-state index in [4.69, 9.17) is 22.3 Å². The molecule has 1 aromatic carbocycles. The van der Waals surface area contributed by atoms with Gasteiger partial charge in [-0.05, 0) is 37.2 Å². The van der Waals surface area contributed by atoms with Gasteiger partial charge in [0.15, 0.2) is 22.1 Å². The molecule has 0 radical (unpaired) electrons. The van der Waals surface area contributed by atoms with Crippen LogP contribution < -0.4 is 11.1 Å². The summed E-state index contributed by atoms with van der Waals surface area (Å²) in [5.74, 6) is 0.380. The first kappa shape index (κ1) is 20.6. The molecule has 0 amide bonds. The highest BCUT2D eigenvalue weighted by Crippen LogP contribution is 2.35. The van der Waals surface area contributed by atoms with Crippen LogP contribution in [0, 0.1) is 0 Å². The molecule has 0 fully saturated rings. The molecule has 0 unspecified atom stereocenters. The molecule has 0 saturated heterocycles. The highest BCUT2D eigenvalue weighted by Gasteiger charge is 2.16. The van der Waals surface area contributed by atoms with Gasteiger partial charge in [0.1, 0.15) is 6.33 Å². The lowest BCUT2D eigenvalue weighted by Crippen LogP contribution is -2.24. The van der Waals surface area contributed by atoms with Gasteiger partial charge in [-0.25, -0.2) is 15.0 Å². The SMILES string of the molecule is CC(C)NCCCn1c(Sc2cc(Cl)cc(-c3ccn[nH]3)c2)nc2c(N)ncnc21. The maximum atomic E-state index is 6.38. The third-order valence-electron chi connectivity index (χ3n) is 4.53. The van der Waals surface area contributed by atoms with Crippen LogP contribution in [0.1, 0.15) is 20.3 Å². The molecule has 0 aliphatic carbocycles. The van der Waals surface area contributed by atoms with Gasteiger partial charge < -0.3 is 15.6 Å². The Labute approximate surface area is 183 Å². The molecule has 4 aromatic rings. The number of nitrogen functional groups attached to an aromatic ring is 1. The van der Waals surface area contributed by atoms with E-state index >= 15 is 0 Å². The Hall–Kier alpha value is -2.62. The first-order chi connectivity index (χ1) is 14.5. The van der Waals surface area contributed by atoms with Crippen molar-refractivity contribution in [1.29, 1.82) is 0 Å². The molecular weight excluding hydrogens is 420 g/mol. The quantitative estimate of drug-likeness (QED) is 0.354. The zero-order valence-corrected chi connectivity index (χ0v) is 18.3. The van der Waals surface area contributed by atoms with Gasteiger partial charge in [0.05, 0.1) is 5.69 Å². The van der Waals surface area contributed by atoms with Crippen molar-refractivity contribution in [1.82, 2.24) is 35.0 Å². The first-order valence-electron chi connectivity index (χ1n) is 9.69. The van der Waals surface area contributed by atoms with E-state index in [-0.39, 0.29) is 0 Å². The summed E-state index contributed by atoms with van der Waals surface area (Å²) in [7, 11) is 0. The van der Waals surface area contributed by atoms with E-state index in [1.165, 1.54) is 18.1 Å². The number of H-pyrrole nitrogens is 1. The molecule has 4 rings (SSSR count). The highest BCUT2D eigenvalue weighted by molar-refractivity contribution is 7.99. The Kier molecular flexibility index (Phi) is 6.21. The lowest BCUT2D eigenvalue weighted by molar-refractivity contribution is 0.525. The van der Waals surface area contributed by atoms with E-state index in [1.807, 2.05) is 18.2 Å². The number of aromatic nitrogens is 6. The standard InChI is InChI=1S/C20H23ClN8S/c1-12(2)23-5-3-7-29-19-17(18(22)24-11-25-19)27-20(29)30-15-9-13(8-14(21)10-15)16-4-6-26-28-16/h4,6,8-12,23H,3,5,7H2,1-2H3,(H,26,28)(H2,22,24,25). The number of hydrogen-bond acceptors (Lipinski definition) is 7. The van der Waals surface area contributed by atoms with Crippen molar-refractivity contribution in [3.8, 4) is 11.3 Å². The number of aromatic amines is 1. The molecule has 0 aliphatic rings. The van der Waals surface area contributed by atoms with Gasteiger partial charge in [-0.2, -0.15) is 5.10 Å². The molecule has 0 bridgehead atoms. The topological polar surface area (TPSA) is 110 Å². The number of halogens is 1.